The second-order valence-corrected chi connectivity index (χ2v) is 20.7. The Hall–Kier alpha value is -2.42. The molecule has 13 atom stereocenters. The molecule has 19 nitrogen and oxygen atoms in total. The van der Waals surface area contributed by atoms with Crippen molar-refractivity contribution in [2.45, 2.75) is 210 Å². The molecule has 0 aromatic heterocycles. The number of carbonyl (C=O) groups excluding carboxylic acids is 2. The van der Waals surface area contributed by atoms with Gasteiger partial charge in [-0.25, -0.2) is 9.13 Å². The first-order valence-corrected chi connectivity index (χ1v) is 28.1. The zero-order valence-corrected chi connectivity index (χ0v) is 42.8. The first-order valence-electron chi connectivity index (χ1n) is 25.1. The number of unbranched alkanes of at least 4 members (excludes halogenated alkanes) is 9. The van der Waals surface area contributed by atoms with E-state index in [0.29, 0.717) is 19.3 Å². The van der Waals surface area contributed by atoms with Gasteiger partial charge in [-0.2, -0.15) is 0 Å². The number of cyclic esters (lactones) is 1. The van der Waals surface area contributed by atoms with E-state index in [1.54, 1.807) is 6.08 Å². The predicted octanol–water partition coefficient (Wildman–Crippen LogP) is 6.22. The molecule has 10 N–H and O–H groups in total. The Bertz CT molecular complexity index is 1700. The van der Waals surface area contributed by atoms with Crippen LogP contribution in [0.5, 0.6) is 0 Å². The molecule has 0 aromatic carbocycles. The smallest absolute Gasteiger partial charge is 0.462 e. The van der Waals surface area contributed by atoms with Crippen molar-refractivity contribution >= 4 is 27.6 Å². The van der Waals surface area contributed by atoms with Gasteiger partial charge in [0.05, 0.1) is 37.1 Å². The lowest BCUT2D eigenvalue weighted by Gasteiger charge is -2.38. The number of aliphatic hydroxyl groups is 7. The normalized spacial score (nSPS) is 31.0. The summed E-state index contributed by atoms with van der Waals surface area (Å²) in [6.45, 7) is 2.53. The van der Waals surface area contributed by atoms with Gasteiger partial charge < -0.3 is 59.9 Å². The van der Waals surface area contributed by atoms with Gasteiger partial charge in [-0.3, -0.25) is 23.2 Å². The third-order valence-corrected chi connectivity index (χ3v) is 13.6. The molecule has 2 aliphatic rings. The van der Waals surface area contributed by atoms with E-state index in [-0.39, 0.29) is 38.5 Å². The van der Waals surface area contributed by atoms with Gasteiger partial charge in [0, 0.05) is 31.1 Å². The minimum Gasteiger partial charge on any atom is -0.462 e. The molecule has 0 spiro atoms. The number of hydrogen-bond acceptors (Lipinski definition) is 16. The maximum Gasteiger partial charge on any atom is 0.472 e. The summed E-state index contributed by atoms with van der Waals surface area (Å²) >= 11 is 0. The van der Waals surface area contributed by atoms with Crippen molar-refractivity contribution < 1.29 is 92.2 Å². The highest BCUT2D eigenvalue weighted by molar-refractivity contribution is 7.47. The number of carbonyl (C=O) groups is 2. The number of esters is 2. The van der Waals surface area contributed by atoms with Crippen LogP contribution >= 0.6 is 15.6 Å². The molecule has 70 heavy (non-hydrogen) atoms. The van der Waals surface area contributed by atoms with E-state index < -0.39 is 120 Å². The number of fused-ring (bicyclic) bond motifs is 4. The van der Waals surface area contributed by atoms with Crippen LogP contribution in [0.25, 0.3) is 0 Å². The first kappa shape index (κ1) is 63.7. The van der Waals surface area contributed by atoms with Crippen molar-refractivity contribution in [1.29, 1.82) is 0 Å². The third kappa shape index (κ3) is 27.0. The van der Waals surface area contributed by atoms with E-state index in [0.717, 1.165) is 38.2 Å². The fourth-order valence-electron chi connectivity index (χ4n) is 8.09. The number of aliphatic hydroxyl groups excluding tert-OH is 7. The number of hydrogen-bond donors (Lipinski definition) is 10. The summed E-state index contributed by atoms with van der Waals surface area (Å²) in [5, 5.41) is 79.7. The molecule has 0 aromatic rings. The van der Waals surface area contributed by atoms with Crippen LogP contribution in [-0.4, -0.2) is 137 Å². The topological polar surface area (TPSA) is 317 Å². The summed E-state index contributed by atoms with van der Waals surface area (Å²) in [5.74, 6) is -4.57. The number of allylic oxidation sites excluding steroid dienone is 8. The average molecular weight is 1040 g/mol. The molecule has 1 unspecified atom stereocenters. The highest BCUT2D eigenvalue weighted by Crippen LogP contribution is 2.50. The monoisotopic (exact) mass is 1040 g/mol. The molecule has 0 radical (unpaired) electrons. The lowest BCUT2D eigenvalue weighted by atomic mass is 9.83. The quantitative estimate of drug-likeness (QED) is 0.0210. The fraction of sp³-hybridized carbons (Fsp3) is 0.755. The van der Waals surface area contributed by atoms with Crippen molar-refractivity contribution in [3.8, 4) is 0 Å². The molecule has 1 fully saturated rings. The molecular weight excluding hydrogens is 954 g/mol. The SMILES string of the molecule is CCCCCCCC/C=C\C/C=C\C/C=C\CCCC(=O)OC[C@@H]1COP(=O)(O)O[C@H]2[C@H](O)[C@@H](O)[C@H](O)[C@@H](CC=CCCCC(=O)O1)[C@@H](O)C[C@@H](O)[C@H](C=C[C@@H](O)CCCCC)[C@@H](O)[C@H]2OP(=O)(O)O. The van der Waals surface area contributed by atoms with Crippen molar-refractivity contribution in [2.24, 2.45) is 11.8 Å². The molecule has 2 rings (SSSR count). The number of phosphoric acid groups is 2. The van der Waals surface area contributed by atoms with E-state index in [1.807, 2.05) is 19.1 Å². The van der Waals surface area contributed by atoms with E-state index in [4.69, 9.17) is 23.0 Å². The largest absolute Gasteiger partial charge is 0.472 e. The van der Waals surface area contributed by atoms with Crippen LogP contribution in [0.4, 0.5) is 0 Å². The molecule has 21 heteroatoms. The molecular formula is C49H84O19P2. The van der Waals surface area contributed by atoms with Crippen LogP contribution in [0, 0.1) is 11.8 Å². The van der Waals surface area contributed by atoms with Crippen LogP contribution < -0.4 is 0 Å². The van der Waals surface area contributed by atoms with Gasteiger partial charge >= 0.3 is 27.6 Å². The van der Waals surface area contributed by atoms with Gasteiger partial charge in [-0.15, -0.1) is 0 Å². The Balaban J connectivity index is 2.28. The fourth-order valence-corrected chi connectivity index (χ4v) is 9.62. The van der Waals surface area contributed by atoms with Crippen molar-refractivity contribution in [1.82, 2.24) is 0 Å². The third-order valence-electron chi connectivity index (χ3n) is 12.1. The Morgan fingerprint density at radius 2 is 1.46 bits per heavy atom. The van der Waals surface area contributed by atoms with Gasteiger partial charge in [-0.05, 0) is 64.2 Å². The Morgan fingerprint density at radius 3 is 2.13 bits per heavy atom. The lowest BCUT2D eigenvalue weighted by molar-refractivity contribution is -0.165. The number of phosphoric ester groups is 2. The minimum absolute atomic E-state index is 0.0172. The standard InChI is InChI=1S/C49H84O19P2/c1-3-5-7-8-9-10-11-12-13-14-15-16-17-18-19-20-25-29-42(53)64-34-37-35-65-70(62,63)68-49-47(58)46(57)44(55)38(28-24-21-22-26-30-43(54)66-37)40(51)33-41(52)39(32-31-36(50)27-23-6-4-2)45(56)48(49)67-69(59,60)61/h12-13,15-16,18-19,21,24,31-32,36-41,44-52,55-58H,3-11,14,17,20,22-23,25-30,33-35H2,1-2H3,(H,62,63)(H2,59,60,61)/b13-12-,16-15-,19-18-,24-21?,32-31?/t36-,37+,38-,39-,40-,41+,44+,45+,46-,47+,48+,49-/m0/s1. The van der Waals surface area contributed by atoms with Crippen LogP contribution in [0.15, 0.2) is 60.8 Å². The predicted molar refractivity (Wildman–Crippen MR) is 261 cm³/mol. The second kappa shape index (κ2) is 35.7. The maximum absolute atomic E-state index is 13.7. The minimum atomic E-state index is -5.77. The van der Waals surface area contributed by atoms with E-state index in [2.05, 4.69) is 31.2 Å². The zero-order chi connectivity index (χ0) is 52.0. The molecule has 1 saturated carbocycles. The molecule has 0 saturated heterocycles. The molecule has 1 aliphatic carbocycles. The van der Waals surface area contributed by atoms with Gasteiger partial charge in [0.25, 0.3) is 0 Å². The van der Waals surface area contributed by atoms with Gasteiger partial charge in [0.2, 0.25) is 0 Å². The maximum atomic E-state index is 13.7. The van der Waals surface area contributed by atoms with Crippen molar-refractivity contribution in [3.63, 3.8) is 0 Å². The Kier molecular flexibility index (Phi) is 32.5. The van der Waals surface area contributed by atoms with Crippen molar-refractivity contribution in [3.05, 3.63) is 60.8 Å². The number of ether oxygens (including phenoxy) is 2. The van der Waals surface area contributed by atoms with Crippen molar-refractivity contribution in [2.75, 3.05) is 13.2 Å². The van der Waals surface area contributed by atoms with E-state index >= 15 is 0 Å². The van der Waals surface area contributed by atoms with Crippen LogP contribution in [0.1, 0.15) is 149 Å². The van der Waals surface area contributed by atoms with E-state index in [1.165, 1.54) is 50.7 Å². The van der Waals surface area contributed by atoms with Gasteiger partial charge in [0.15, 0.2) is 6.10 Å². The molecule has 404 valence electrons. The summed E-state index contributed by atoms with van der Waals surface area (Å²) in [6, 6.07) is 0. The lowest BCUT2D eigenvalue weighted by Crippen LogP contribution is -2.56. The van der Waals surface area contributed by atoms with Gasteiger partial charge in [-0.1, -0.05) is 126 Å². The molecule has 0 amide bonds. The van der Waals surface area contributed by atoms with Crippen LogP contribution in [-0.2, 0) is 41.8 Å². The summed E-state index contributed by atoms with van der Waals surface area (Å²) in [7, 11) is -11.5. The highest BCUT2D eigenvalue weighted by atomic mass is 31.2. The summed E-state index contributed by atoms with van der Waals surface area (Å²) in [4.78, 5) is 56.7. The Labute approximate surface area is 414 Å². The highest BCUT2D eigenvalue weighted by Gasteiger charge is 2.51. The number of rotatable bonds is 25. The first-order chi connectivity index (χ1) is 33.3. The summed E-state index contributed by atoms with van der Waals surface area (Å²) in [6.07, 6.45) is 10.0. The average Bonchev–Trinajstić information content (AvgIpc) is 3.30. The molecule has 2 bridgehead atoms. The van der Waals surface area contributed by atoms with Gasteiger partial charge in [0.1, 0.15) is 31.0 Å². The summed E-state index contributed by atoms with van der Waals surface area (Å²) in [5.41, 5.74) is 0. The Morgan fingerprint density at radius 1 is 0.829 bits per heavy atom. The molecule has 1 heterocycles. The summed E-state index contributed by atoms with van der Waals surface area (Å²) < 4.78 is 52.1. The zero-order valence-electron chi connectivity index (χ0n) is 41.0. The van der Waals surface area contributed by atoms with Crippen LogP contribution in [0.3, 0.4) is 0 Å². The van der Waals surface area contributed by atoms with E-state index in [9.17, 15) is 69.1 Å². The second-order valence-electron chi connectivity index (χ2n) is 18.1. The van der Waals surface area contributed by atoms with Crippen LogP contribution in [0.2, 0.25) is 0 Å². The molecule has 1 aliphatic heterocycles.